The Labute approximate surface area is 93.0 Å². The monoisotopic (exact) mass is 219 g/mol. The Bertz CT molecular complexity index is 476. The zero-order valence-corrected chi connectivity index (χ0v) is 9.64. The van der Waals surface area contributed by atoms with Crippen LogP contribution in [0.4, 0.5) is 5.13 Å². The standard InChI is InChI=1S/C11H13N3S/c1-7-3-9(6-13-5-7)4-10-8(2)14-11(12)15-10/h3,5-6H,4H2,1-2H3,(H2,12,14). The van der Waals surface area contributed by atoms with Crippen LogP contribution in [-0.2, 0) is 6.42 Å². The molecule has 0 unspecified atom stereocenters. The summed E-state index contributed by atoms with van der Waals surface area (Å²) in [5.74, 6) is 0. The Morgan fingerprint density at radius 3 is 2.73 bits per heavy atom. The summed E-state index contributed by atoms with van der Waals surface area (Å²) in [5, 5.41) is 0.642. The molecule has 78 valence electrons. The van der Waals surface area contributed by atoms with Gasteiger partial charge < -0.3 is 5.73 Å². The second-order valence-corrected chi connectivity index (χ2v) is 4.72. The highest BCUT2D eigenvalue weighted by Gasteiger charge is 2.06. The summed E-state index contributed by atoms with van der Waals surface area (Å²) in [7, 11) is 0. The van der Waals surface area contributed by atoms with Crippen LogP contribution in [0.1, 0.15) is 21.7 Å². The molecule has 0 atom stereocenters. The van der Waals surface area contributed by atoms with Gasteiger partial charge in [0.2, 0.25) is 0 Å². The Morgan fingerprint density at radius 2 is 2.13 bits per heavy atom. The van der Waals surface area contributed by atoms with E-state index in [0.717, 1.165) is 12.1 Å². The zero-order valence-electron chi connectivity index (χ0n) is 8.82. The van der Waals surface area contributed by atoms with Crippen molar-refractivity contribution in [2.75, 3.05) is 5.73 Å². The van der Waals surface area contributed by atoms with Crippen LogP contribution in [0.15, 0.2) is 18.5 Å². The summed E-state index contributed by atoms with van der Waals surface area (Å²) in [4.78, 5) is 9.60. The number of thiazole rings is 1. The lowest BCUT2D eigenvalue weighted by molar-refractivity contribution is 1.11. The maximum Gasteiger partial charge on any atom is 0.180 e. The maximum atomic E-state index is 5.65. The summed E-state index contributed by atoms with van der Waals surface area (Å²) >= 11 is 1.55. The second kappa shape index (κ2) is 3.98. The van der Waals surface area contributed by atoms with Gasteiger partial charge in [-0.2, -0.15) is 0 Å². The number of hydrogen-bond acceptors (Lipinski definition) is 4. The highest BCUT2D eigenvalue weighted by atomic mass is 32.1. The number of anilines is 1. The molecular weight excluding hydrogens is 206 g/mol. The highest BCUT2D eigenvalue weighted by molar-refractivity contribution is 7.15. The molecule has 0 aliphatic rings. The minimum Gasteiger partial charge on any atom is -0.375 e. The minimum atomic E-state index is 0.642. The fourth-order valence-corrected chi connectivity index (χ4v) is 2.38. The van der Waals surface area contributed by atoms with Crippen LogP contribution < -0.4 is 5.73 Å². The third kappa shape index (κ3) is 2.33. The minimum absolute atomic E-state index is 0.642. The normalized spacial score (nSPS) is 10.5. The Kier molecular flexibility index (Phi) is 2.68. The van der Waals surface area contributed by atoms with E-state index in [0.29, 0.717) is 5.13 Å². The van der Waals surface area contributed by atoms with Gasteiger partial charge >= 0.3 is 0 Å². The van der Waals surface area contributed by atoms with Gasteiger partial charge in [-0.3, -0.25) is 4.98 Å². The number of nitrogens with zero attached hydrogens (tertiary/aromatic N) is 2. The second-order valence-electron chi connectivity index (χ2n) is 3.61. The molecule has 2 rings (SSSR count). The van der Waals surface area contributed by atoms with Gasteiger partial charge in [-0.1, -0.05) is 6.07 Å². The lowest BCUT2D eigenvalue weighted by Gasteiger charge is -2.00. The maximum absolute atomic E-state index is 5.65. The van der Waals surface area contributed by atoms with E-state index in [4.69, 9.17) is 5.73 Å². The highest BCUT2D eigenvalue weighted by Crippen LogP contribution is 2.22. The van der Waals surface area contributed by atoms with E-state index in [1.165, 1.54) is 16.0 Å². The molecule has 2 aromatic heterocycles. The molecule has 2 heterocycles. The van der Waals surface area contributed by atoms with E-state index in [9.17, 15) is 0 Å². The van der Waals surface area contributed by atoms with Gasteiger partial charge in [-0.25, -0.2) is 4.98 Å². The molecule has 4 heteroatoms. The molecule has 0 radical (unpaired) electrons. The first kappa shape index (κ1) is 10.1. The molecule has 3 nitrogen and oxygen atoms in total. The predicted molar refractivity (Wildman–Crippen MR) is 63.0 cm³/mol. The molecule has 0 aliphatic carbocycles. The molecule has 2 N–H and O–H groups in total. The van der Waals surface area contributed by atoms with Crippen molar-refractivity contribution >= 4 is 16.5 Å². The Hall–Kier alpha value is -1.42. The van der Waals surface area contributed by atoms with Crippen molar-refractivity contribution in [1.29, 1.82) is 0 Å². The quantitative estimate of drug-likeness (QED) is 0.843. The fourth-order valence-electron chi connectivity index (χ4n) is 1.51. The summed E-state index contributed by atoms with van der Waals surface area (Å²) < 4.78 is 0. The van der Waals surface area contributed by atoms with E-state index in [1.807, 2.05) is 26.2 Å². The topological polar surface area (TPSA) is 51.8 Å². The average Bonchev–Trinajstić information content (AvgIpc) is 2.45. The lowest BCUT2D eigenvalue weighted by Crippen LogP contribution is -1.90. The Balaban J connectivity index is 2.25. The van der Waals surface area contributed by atoms with Gasteiger partial charge in [0.25, 0.3) is 0 Å². The fraction of sp³-hybridized carbons (Fsp3) is 0.273. The number of aromatic nitrogens is 2. The molecule has 0 aromatic carbocycles. The number of aryl methyl sites for hydroxylation is 2. The predicted octanol–water partition coefficient (Wildman–Crippen LogP) is 2.33. The molecule has 0 bridgehead atoms. The smallest absolute Gasteiger partial charge is 0.180 e. The van der Waals surface area contributed by atoms with Crippen LogP contribution in [0.25, 0.3) is 0 Å². The summed E-state index contributed by atoms with van der Waals surface area (Å²) in [5.41, 5.74) is 9.07. The average molecular weight is 219 g/mol. The SMILES string of the molecule is Cc1cncc(Cc2sc(N)nc2C)c1. The van der Waals surface area contributed by atoms with Crippen molar-refractivity contribution < 1.29 is 0 Å². The molecule has 0 amide bonds. The molecule has 0 aliphatic heterocycles. The van der Waals surface area contributed by atoms with Crippen LogP contribution in [-0.4, -0.2) is 9.97 Å². The van der Waals surface area contributed by atoms with Gasteiger partial charge in [0.15, 0.2) is 5.13 Å². The first-order valence-electron chi connectivity index (χ1n) is 4.77. The van der Waals surface area contributed by atoms with Gasteiger partial charge in [0.1, 0.15) is 0 Å². The molecule has 0 fully saturated rings. The molecule has 15 heavy (non-hydrogen) atoms. The van der Waals surface area contributed by atoms with Crippen LogP contribution in [0, 0.1) is 13.8 Å². The van der Waals surface area contributed by atoms with Gasteiger partial charge in [-0.05, 0) is 25.0 Å². The third-order valence-corrected chi connectivity index (χ3v) is 3.19. The molecule has 0 saturated carbocycles. The molecule has 2 aromatic rings. The van der Waals surface area contributed by atoms with Crippen molar-refractivity contribution in [2.45, 2.75) is 20.3 Å². The number of nitrogens with two attached hydrogens (primary N) is 1. The first-order chi connectivity index (χ1) is 7.15. The Morgan fingerprint density at radius 1 is 1.33 bits per heavy atom. The summed E-state index contributed by atoms with van der Waals surface area (Å²) in [6.07, 6.45) is 4.62. The van der Waals surface area contributed by atoms with Crippen molar-refractivity contribution in [2.24, 2.45) is 0 Å². The first-order valence-corrected chi connectivity index (χ1v) is 5.59. The van der Waals surface area contributed by atoms with Gasteiger partial charge in [0, 0.05) is 23.7 Å². The van der Waals surface area contributed by atoms with E-state index in [-0.39, 0.29) is 0 Å². The van der Waals surface area contributed by atoms with Crippen LogP contribution in [0.3, 0.4) is 0 Å². The van der Waals surface area contributed by atoms with Gasteiger partial charge in [-0.15, -0.1) is 11.3 Å². The molecule has 0 saturated heterocycles. The van der Waals surface area contributed by atoms with Gasteiger partial charge in [0.05, 0.1) is 5.69 Å². The van der Waals surface area contributed by atoms with E-state index >= 15 is 0 Å². The third-order valence-electron chi connectivity index (χ3n) is 2.21. The lowest BCUT2D eigenvalue weighted by atomic mass is 10.1. The number of hydrogen-bond donors (Lipinski definition) is 1. The van der Waals surface area contributed by atoms with E-state index in [1.54, 1.807) is 11.3 Å². The van der Waals surface area contributed by atoms with Crippen LogP contribution in [0.5, 0.6) is 0 Å². The summed E-state index contributed by atoms with van der Waals surface area (Å²) in [6.45, 7) is 4.04. The molecule has 0 spiro atoms. The van der Waals surface area contributed by atoms with Crippen LogP contribution >= 0.6 is 11.3 Å². The van der Waals surface area contributed by atoms with Crippen LogP contribution in [0.2, 0.25) is 0 Å². The largest absolute Gasteiger partial charge is 0.375 e. The van der Waals surface area contributed by atoms with Crippen molar-refractivity contribution in [3.05, 3.63) is 40.2 Å². The number of nitrogen functional groups attached to an aromatic ring is 1. The van der Waals surface area contributed by atoms with Crippen molar-refractivity contribution in [3.63, 3.8) is 0 Å². The van der Waals surface area contributed by atoms with E-state index in [2.05, 4.69) is 16.0 Å². The zero-order chi connectivity index (χ0) is 10.8. The summed E-state index contributed by atoms with van der Waals surface area (Å²) in [6, 6.07) is 2.14. The molecular formula is C11H13N3S. The number of pyridine rings is 1. The van der Waals surface area contributed by atoms with Crippen molar-refractivity contribution in [1.82, 2.24) is 9.97 Å². The number of rotatable bonds is 2. The van der Waals surface area contributed by atoms with E-state index < -0.39 is 0 Å². The van der Waals surface area contributed by atoms with Crippen molar-refractivity contribution in [3.8, 4) is 0 Å².